The van der Waals surface area contributed by atoms with Crippen LogP contribution >= 0.6 is 15.9 Å². The number of alkyl halides is 1. The lowest BCUT2D eigenvalue weighted by molar-refractivity contribution is -0.858. The molecule has 2 aliphatic rings. The van der Waals surface area contributed by atoms with Crippen LogP contribution in [0, 0.1) is 29.1 Å². The molecular weight excluding hydrogens is 358 g/mol. The van der Waals surface area contributed by atoms with Gasteiger partial charge in [-0.2, -0.15) is 0 Å². The number of hydrogen-bond donors (Lipinski definition) is 1. The van der Waals surface area contributed by atoms with Gasteiger partial charge in [-0.25, -0.2) is 0 Å². The van der Waals surface area contributed by atoms with Crippen molar-refractivity contribution in [1.82, 2.24) is 0 Å². The highest BCUT2D eigenvalue weighted by molar-refractivity contribution is 9.09. The quantitative estimate of drug-likeness (QED) is 0.468. The van der Waals surface area contributed by atoms with E-state index >= 15 is 0 Å². The molecule has 0 aromatic rings. The van der Waals surface area contributed by atoms with Crippen LogP contribution < -0.4 is 4.90 Å². The summed E-state index contributed by atoms with van der Waals surface area (Å²) in [4.78, 5) is 1.98. The van der Waals surface area contributed by atoms with Gasteiger partial charge in [0.2, 0.25) is 0 Å². The van der Waals surface area contributed by atoms with Crippen molar-refractivity contribution in [2.45, 2.75) is 50.8 Å². The molecule has 0 saturated heterocycles. The minimum atomic E-state index is 0.215. The first kappa shape index (κ1) is 19.5. The number of hydrogen-bond acceptors (Lipinski definition) is 0. The second-order valence-corrected chi connectivity index (χ2v) is 9.04. The van der Waals surface area contributed by atoms with E-state index in [1.165, 1.54) is 37.8 Å². The van der Waals surface area contributed by atoms with Gasteiger partial charge in [0.15, 0.2) is 0 Å². The van der Waals surface area contributed by atoms with Gasteiger partial charge >= 0.3 is 0 Å². The van der Waals surface area contributed by atoms with Crippen LogP contribution in [0.3, 0.4) is 0 Å². The summed E-state index contributed by atoms with van der Waals surface area (Å²) in [6, 6.07) is 0. The van der Waals surface area contributed by atoms with Crippen molar-refractivity contribution in [3.8, 4) is 11.8 Å². The Morgan fingerprint density at radius 1 is 1.38 bits per heavy atom. The fourth-order valence-electron chi connectivity index (χ4n) is 3.83. The Bertz CT molecular complexity index is 560. The molecule has 0 saturated carbocycles. The summed E-state index contributed by atoms with van der Waals surface area (Å²) in [5.74, 6) is 8.04. The van der Waals surface area contributed by atoms with E-state index < -0.39 is 0 Å². The molecule has 1 N–H and O–H groups in total. The molecule has 132 valence electrons. The van der Waals surface area contributed by atoms with E-state index in [0.29, 0.717) is 10.7 Å². The molecule has 4 unspecified atom stereocenters. The van der Waals surface area contributed by atoms with Gasteiger partial charge in [0.05, 0.1) is 20.6 Å². The van der Waals surface area contributed by atoms with E-state index in [4.69, 9.17) is 0 Å². The van der Waals surface area contributed by atoms with Gasteiger partial charge < -0.3 is 4.90 Å². The first-order valence-corrected chi connectivity index (χ1v) is 10.3. The summed E-state index contributed by atoms with van der Waals surface area (Å²) < 4.78 is 0. The smallest absolute Gasteiger partial charge is 0.0769 e. The highest BCUT2D eigenvalue weighted by Crippen LogP contribution is 2.41. The Morgan fingerprint density at radius 2 is 2.17 bits per heavy atom. The normalized spacial score (nSPS) is 30.0. The number of halogens is 1. The van der Waals surface area contributed by atoms with Crippen molar-refractivity contribution < 1.29 is 4.90 Å². The van der Waals surface area contributed by atoms with Gasteiger partial charge in [0, 0.05) is 16.2 Å². The molecule has 0 heterocycles. The van der Waals surface area contributed by atoms with Crippen LogP contribution in [0.5, 0.6) is 0 Å². The maximum atomic E-state index is 3.88. The van der Waals surface area contributed by atoms with Gasteiger partial charge in [-0.1, -0.05) is 71.5 Å². The Labute approximate surface area is 157 Å². The van der Waals surface area contributed by atoms with E-state index in [-0.39, 0.29) is 5.41 Å². The van der Waals surface area contributed by atoms with Crippen molar-refractivity contribution in [3.63, 3.8) is 0 Å². The second-order valence-electron chi connectivity index (χ2n) is 8.05. The average molecular weight is 391 g/mol. The molecular formula is C22H33BrN+. The second kappa shape index (κ2) is 9.07. The van der Waals surface area contributed by atoms with Gasteiger partial charge in [-0.3, -0.25) is 0 Å². The first-order valence-electron chi connectivity index (χ1n) is 9.41. The molecule has 0 aromatic carbocycles. The SMILES string of the molecule is CCC1=CC#CC(CC(CC[NH+](C)C)CC2(C)C=CC=CC2Br)C1. The summed E-state index contributed by atoms with van der Waals surface area (Å²) in [6.45, 7) is 5.88. The minimum absolute atomic E-state index is 0.215. The van der Waals surface area contributed by atoms with Crippen LogP contribution in [0.2, 0.25) is 0 Å². The van der Waals surface area contributed by atoms with Crippen molar-refractivity contribution >= 4 is 15.9 Å². The Balaban J connectivity index is 2.03. The van der Waals surface area contributed by atoms with E-state index in [2.05, 4.69) is 86.1 Å². The largest absolute Gasteiger partial charge is 0.340 e. The number of allylic oxidation sites excluding steroid dienone is 6. The standard InChI is InChI=1S/C22H32BrN/c1-5-18-9-8-10-19(15-18)16-20(12-14-24(3)4)17-22(2)13-7-6-11-21(22)23/h6-7,9,11,13,19-21H,5,12,14-17H2,1-4H3/p+1. The molecule has 2 aliphatic carbocycles. The average Bonchev–Trinajstić information content (AvgIpc) is 2.56. The van der Waals surface area contributed by atoms with Crippen LogP contribution in [0.15, 0.2) is 36.0 Å². The molecule has 0 radical (unpaired) electrons. The third kappa shape index (κ3) is 5.64. The monoisotopic (exact) mass is 390 g/mol. The molecule has 0 amide bonds. The van der Waals surface area contributed by atoms with Crippen molar-refractivity contribution in [1.29, 1.82) is 0 Å². The van der Waals surface area contributed by atoms with E-state index in [0.717, 1.165) is 12.3 Å². The lowest BCUT2D eigenvalue weighted by atomic mass is 9.72. The Kier molecular flexibility index (Phi) is 7.38. The van der Waals surface area contributed by atoms with Crippen LogP contribution in [-0.4, -0.2) is 25.5 Å². The lowest BCUT2D eigenvalue weighted by Crippen LogP contribution is -3.05. The Morgan fingerprint density at radius 3 is 2.83 bits per heavy atom. The van der Waals surface area contributed by atoms with Crippen molar-refractivity contribution in [3.05, 3.63) is 36.0 Å². The minimum Gasteiger partial charge on any atom is -0.340 e. The van der Waals surface area contributed by atoms with E-state index in [9.17, 15) is 0 Å². The highest BCUT2D eigenvalue weighted by atomic mass is 79.9. The number of quaternary nitrogens is 1. The predicted octanol–water partition coefficient (Wildman–Crippen LogP) is 4.17. The van der Waals surface area contributed by atoms with E-state index in [1.807, 2.05) is 0 Å². The van der Waals surface area contributed by atoms with E-state index in [1.54, 1.807) is 4.90 Å². The van der Waals surface area contributed by atoms with Gasteiger partial charge in [0.1, 0.15) is 0 Å². The number of rotatable bonds is 8. The van der Waals surface area contributed by atoms with Crippen LogP contribution in [0.4, 0.5) is 0 Å². The summed E-state index contributed by atoms with van der Waals surface area (Å²) in [5, 5.41) is 0. The van der Waals surface area contributed by atoms with Crippen molar-refractivity contribution in [2.24, 2.45) is 17.3 Å². The fraction of sp³-hybridized carbons (Fsp3) is 0.636. The molecule has 0 spiro atoms. The molecule has 0 aliphatic heterocycles. The highest BCUT2D eigenvalue weighted by Gasteiger charge is 2.33. The Hall–Kier alpha value is -0.780. The summed E-state index contributed by atoms with van der Waals surface area (Å²) >= 11 is 3.88. The van der Waals surface area contributed by atoms with Crippen LogP contribution in [-0.2, 0) is 0 Å². The molecule has 0 aromatic heterocycles. The topological polar surface area (TPSA) is 4.44 Å². The summed E-state index contributed by atoms with van der Waals surface area (Å²) in [5.41, 5.74) is 1.74. The molecule has 2 heteroatoms. The zero-order chi connectivity index (χ0) is 17.6. The predicted molar refractivity (Wildman–Crippen MR) is 108 cm³/mol. The molecule has 24 heavy (non-hydrogen) atoms. The maximum Gasteiger partial charge on any atom is 0.0769 e. The van der Waals surface area contributed by atoms with Crippen LogP contribution in [0.25, 0.3) is 0 Å². The molecule has 2 rings (SSSR count). The van der Waals surface area contributed by atoms with Crippen molar-refractivity contribution in [2.75, 3.05) is 20.6 Å². The van der Waals surface area contributed by atoms with Gasteiger partial charge in [-0.05, 0) is 44.1 Å². The fourth-order valence-corrected chi connectivity index (χ4v) is 4.34. The third-order valence-electron chi connectivity index (χ3n) is 5.42. The molecule has 0 fully saturated rings. The molecule has 4 atom stereocenters. The lowest BCUT2D eigenvalue weighted by Gasteiger charge is -2.36. The molecule has 0 bridgehead atoms. The zero-order valence-corrected chi connectivity index (χ0v) is 17.3. The summed E-state index contributed by atoms with van der Waals surface area (Å²) in [6.07, 6.45) is 17.3. The maximum absolute atomic E-state index is 3.88. The number of nitrogens with one attached hydrogen (secondary N) is 1. The van der Waals surface area contributed by atoms with Crippen LogP contribution in [0.1, 0.15) is 46.0 Å². The first-order chi connectivity index (χ1) is 11.4. The zero-order valence-electron chi connectivity index (χ0n) is 15.7. The van der Waals surface area contributed by atoms with Gasteiger partial charge in [-0.15, -0.1) is 0 Å². The summed E-state index contributed by atoms with van der Waals surface area (Å²) in [7, 11) is 4.52. The van der Waals surface area contributed by atoms with Gasteiger partial charge in [0.25, 0.3) is 0 Å². The molecule has 1 nitrogen and oxygen atoms in total. The third-order valence-corrected chi connectivity index (χ3v) is 6.77.